The van der Waals surface area contributed by atoms with E-state index in [1.54, 1.807) is 11.3 Å². The molecule has 0 bridgehead atoms. The number of rotatable bonds is 1. The lowest BCUT2D eigenvalue weighted by molar-refractivity contribution is -0.110. The van der Waals surface area contributed by atoms with Crippen molar-refractivity contribution < 1.29 is 4.79 Å². The van der Waals surface area contributed by atoms with Crippen molar-refractivity contribution in [3.63, 3.8) is 0 Å². The number of nitrogens with one attached hydrogen (secondary N) is 1. The first-order chi connectivity index (χ1) is 10.6. The number of amides is 1. The Hall–Kier alpha value is -1.21. The van der Waals surface area contributed by atoms with E-state index in [1.165, 1.54) is 27.0 Å². The third kappa shape index (κ3) is 2.31. The predicted octanol–water partition coefficient (Wildman–Crippen LogP) is 4.43. The Bertz CT molecular complexity index is 799. The Balaban J connectivity index is 1.82. The summed E-state index contributed by atoms with van der Waals surface area (Å²) in [4.78, 5) is 18.5. The lowest BCUT2D eigenvalue weighted by Crippen LogP contribution is -2.03. The van der Waals surface area contributed by atoms with Gasteiger partial charge in [0.25, 0.3) is 5.91 Å². The van der Waals surface area contributed by atoms with E-state index >= 15 is 0 Å². The second-order valence-corrected chi connectivity index (χ2v) is 8.01. The Morgan fingerprint density at radius 2 is 2.14 bits per heavy atom. The van der Waals surface area contributed by atoms with Crippen molar-refractivity contribution in [2.75, 3.05) is 5.32 Å². The summed E-state index contributed by atoms with van der Waals surface area (Å²) in [6, 6.07) is 4.02. The Labute approximate surface area is 147 Å². The number of hydrogen-bond donors (Lipinski definition) is 1. The predicted molar refractivity (Wildman–Crippen MR) is 99.2 cm³/mol. The van der Waals surface area contributed by atoms with Crippen LogP contribution in [0.4, 0.5) is 5.69 Å². The first-order valence-corrected chi connectivity index (χ1v) is 9.34. The van der Waals surface area contributed by atoms with E-state index in [4.69, 9.17) is 4.98 Å². The normalized spacial score (nSPS) is 18.3. The zero-order chi connectivity index (χ0) is 15.3. The second-order valence-electron chi connectivity index (χ2n) is 5.74. The van der Waals surface area contributed by atoms with Gasteiger partial charge < -0.3 is 5.32 Å². The smallest absolute Gasteiger partial charge is 0.256 e. The molecule has 112 valence electrons. The number of hydrogen-bond acceptors (Lipinski definition) is 3. The summed E-state index contributed by atoms with van der Waals surface area (Å²) in [5.41, 5.74) is 5.09. The Kier molecular flexibility index (Phi) is 3.57. The summed E-state index contributed by atoms with van der Waals surface area (Å²) in [5, 5.41) is 3.93. The standard InChI is InChI=1S/C17H15IN2OS/c1-9-11(18)6-7-13-16(9)10(17(21)20-13)8-15-19-12-4-2-3-5-14(12)22-15/h6-8H,2-5H2,1H3,(H,20,21). The zero-order valence-corrected chi connectivity index (χ0v) is 15.2. The number of benzene rings is 1. The van der Waals surface area contributed by atoms with Crippen LogP contribution >= 0.6 is 33.9 Å². The van der Waals surface area contributed by atoms with Crippen molar-refractivity contribution in [3.05, 3.63) is 42.4 Å². The fourth-order valence-corrected chi connectivity index (χ4v) is 4.68. The topological polar surface area (TPSA) is 42.0 Å². The fraction of sp³-hybridized carbons (Fsp3) is 0.294. The molecule has 0 radical (unpaired) electrons. The molecule has 1 aliphatic carbocycles. The molecular formula is C17H15IN2OS. The molecule has 0 saturated heterocycles. The molecule has 0 saturated carbocycles. The molecule has 0 unspecified atom stereocenters. The molecule has 3 nitrogen and oxygen atoms in total. The van der Waals surface area contributed by atoms with Gasteiger partial charge in [-0.25, -0.2) is 4.98 Å². The number of carbonyl (C=O) groups is 1. The van der Waals surface area contributed by atoms with Crippen LogP contribution in [0.15, 0.2) is 12.1 Å². The van der Waals surface area contributed by atoms with Crippen molar-refractivity contribution in [1.82, 2.24) is 4.98 Å². The van der Waals surface area contributed by atoms with Crippen LogP contribution in [0, 0.1) is 10.5 Å². The maximum atomic E-state index is 12.3. The summed E-state index contributed by atoms with van der Waals surface area (Å²) >= 11 is 4.06. The molecule has 1 aliphatic heterocycles. The molecule has 4 rings (SSSR count). The highest BCUT2D eigenvalue weighted by atomic mass is 127. The summed E-state index contributed by atoms with van der Waals surface area (Å²) in [7, 11) is 0. The van der Waals surface area contributed by atoms with E-state index in [9.17, 15) is 4.79 Å². The lowest BCUT2D eigenvalue weighted by atomic mass is 10.0. The van der Waals surface area contributed by atoms with Gasteiger partial charge >= 0.3 is 0 Å². The van der Waals surface area contributed by atoms with E-state index in [2.05, 4.69) is 34.8 Å². The third-order valence-corrected chi connectivity index (χ3v) is 6.56. The lowest BCUT2D eigenvalue weighted by Gasteiger charge is -2.06. The number of halogens is 1. The molecule has 0 spiro atoms. The maximum Gasteiger partial charge on any atom is 0.256 e. The van der Waals surface area contributed by atoms with Crippen LogP contribution in [0.3, 0.4) is 0 Å². The van der Waals surface area contributed by atoms with Crippen LogP contribution in [0.25, 0.3) is 11.6 Å². The van der Waals surface area contributed by atoms with Gasteiger partial charge in [0, 0.05) is 19.7 Å². The van der Waals surface area contributed by atoms with Crippen molar-refractivity contribution >= 4 is 57.2 Å². The number of thiazole rings is 1. The number of aromatic nitrogens is 1. The average molecular weight is 422 g/mol. The van der Waals surface area contributed by atoms with Crippen LogP contribution in [0.5, 0.6) is 0 Å². The summed E-state index contributed by atoms with van der Waals surface area (Å²) in [6.07, 6.45) is 6.66. The number of aryl methyl sites for hydroxylation is 2. The van der Waals surface area contributed by atoms with Gasteiger partial charge in [0.05, 0.1) is 11.3 Å². The molecule has 1 aromatic carbocycles. The summed E-state index contributed by atoms with van der Waals surface area (Å²) < 4.78 is 1.18. The molecular weight excluding hydrogens is 407 g/mol. The molecule has 5 heteroatoms. The molecule has 2 heterocycles. The second kappa shape index (κ2) is 5.45. The van der Waals surface area contributed by atoms with E-state index in [1.807, 2.05) is 18.2 Å². The van der Waals surface area contributed by atoms with Crippen LogP contribution in [-0.2, 0) is 17.6 Å². The molecule has 1 N–H and O–H groups in total. The minimum atomic E-state index is -0.0201. The minimum Gasteiger partial charge on any atom is -0.321 e. The Morgan fingerprint density at radius 1 is 1.32 bits per heavy atom. The van der Waals surface area contributed by atoms with Gasteiger partial charge in [0.2, 0.25) is 0 Å². The minimum absolute atomic E-state index is 0.0201. The van der Waals surface area contributed by atoms with Crippen molar-refractivity contribution in [3.8, 4) is 0 Å². The van der Waals surface area contributed by atoms with Gasteiger partial charge in [-0.2, -0.15) is 0 Å². The maximum absolute atomic E-state index is 12.3. The highest BCUT2D eigenvalue weighted by Crippen LogP contribution is 2.38. The van der Waals surface area contributed by atoms with Crippen molar-refractivity contribution in [2.24, 2.45) is 0 Å². The quantitative estimate of drug-likeness (QED) is 0.546. The molecule has 0 atom stereocenters. The van der Waals surface area contributed by atoms with Crippen molar-refractivity contribution in [1.29, 1.82) is 0 Å². The van der Waals surface area contributed by atoms with Crippen LogP contribution in [0.2, 0.25) is 0 Å². The van der Waals surface area contributed by atoms with Crippen LogP contribution in [-0.4, -0.2) is 10.9 Å². The highest BCUT2D eigenvalue weighted by Gasteiger charge is 2.27. The first-order valence-electron chi connectivity index (χ1n) is 7.44. The van der Waals surface area contributed by atoms with E-state index in [-0.39, 0.29) is 5.91 Å². The van der Waals surface area contributed by atoms with Gasteiger partial charge in [-0.05, 0) is 79.0 Å². The zero-order valence-electron chi connectivity index (χ0n) is 12.2. The van der Waals surface area contributed by atoms with Gasteiger partial charge in [0.15, 0.2) is 0 Å². The Morgan fingerprint density at radius 3 is 2.95 bits per heavy atom. The van der Waals surface area contributed by atoms with E-state index < -0.39 is 0 Å². The van der Waals surface area contributed by atoms with E-state index in [0.29, 0.717) is 0 Å². The first kappa shape index (κ1) is 14.4. The van der Waals surface area contributed by atoms with Gasteiger partial charge in [-0.15, -0.1) is 11.3 Å². The van der Waals surface area contributed by atoms with Gasteiger partial charge in [-0.1, -0.05) is 0 Å². The van der Waals surface area contributed by atoms with Crippen LogP contribution < -0.4 is 5.32 Å². The average Bonchev–Trinajstić information content (AvgIpc) is 3.05. The monoisotopic (exact) mass is 422 g/mol. The van der Waals surface area contributed by atoms with E-state index in [0.717, 1.165) is 40.2 Å². The molecule has 2 aromatic rings. The van der Waals surface area contributed by atoms with Crippen LogP contribution in [0.1, 0.15) is 39.5 Å². The van der Waals surface area contributed by atoms with Gasteiger partial charge in [0.1, 0.15) is 5.01 Å². The molecule has 0 fully saturated rings. The third-order valence-electron chi connectivity index (χ3n) is 4.29. The molecule has 22 heavy (non-hydrogen) atoms. The molecule has 1 aromatic heterocycles. The molecule has 1 amide bonds. The summed E-state index contributed by atoms with van der Waals surface area (Å²) in [5.74, 6) is -0.0201. The SMILES string of the molecule is Cc1c(I)ccc2c1C(=Cc1nc3c(s1)CCCC3)C(=O)N2. The number of nitrogens with zero attached hydrogens (tertiary/aromatic N) is 1. The number of anilines is 1. The van der Waals surface area contributed by atoms with Gasteiger partial charge in [-0.3, -0.25) is 4.79 Å². The fourth-order valence-electron chi connectivity index (χ4n) is 3.14. The summed E-state index contributed by atoms with van der Waals surface area (Å²) in [6.45, 7) is 2.07. The highest BCUT2D eigenvalue weighted by molar-refractivity contribution is 14.1. The van der Waals surface area contributed by atoms with Crippen molar-refractivity contribution in [2.45, 2.75) is 32.6 Å². The number of carbonyl (C=O) groups excluding carboxylic acids is 1. The number of fused-ring (bicyclic) bond motifs is 2. The molecule has 2 aliphatic rings. The largest absolute Gasteiger partial charge is 0.321 e.